The SMILES string of the molecule is O=C(O)CCCC(=O)NC(=O)NCCC1CCCCC1. The van der Waals surface area contributed by atoms with Crippen LogP contribution in [0.5, 0.6) is 0 Å². The number of imide groups is 1. The second-order valence-corrected chi connectivity index (χ2v) is 5.34. The Balaban J connectivity index is 2.04. The van der Waals surface area contributed by atoms with Crippen LogP contribution >= 0.6 is 0 Å². The highest BCUT2D eigenvalue weighted by Gasteiger charge is 2.13. The highest BCUT2D eigenvalue weighted by atomic mass is 16.4. The molecule has 1 fully saturated rings. The van der Waals surface area contributed by atoms with Gasteiger partial charge in [0.25, 0.3) is 0 Å². The van der Waals surface area contributed by atoms with Crippen LogP contribution in [-0.4, -0.2) is 29.6 Å². The first-order valence-corrected chi connectivity index (χ1v) is 7.37. The summed E-state index contributed by atoms with van der Waals surface area (Å²) in [5, 5.41) is 13.3. The van der Waals surface area contributed by atoms with Crippen molar-refractivity contribution in [3.63, 3.8) is 0 Å². The van der Waals surface area contributed by atoms with Gasteiger partial charge in [-0.05, 0) is 18.8 Å². The molecule has 6 heteroatoms. The van der Waals surface area contributed by atoms with Crippen LogP contribution in [0, 0.1) is 5.92 Å². The van der Waals surface area contributed by atoms with Gasteiger partial charge in [-0.15, -0.1) is 0 Å². The summed E-state index contributed by atoms with van der Waals surface area (Å²) in [7, 11) is 0. The predicted molar refractivity (Wildman–Crippen MR) is 74.2 cm³/mol. The zero-order valence-electron chi connectivity index (χ0n) is 11.8. The third-order valence-corrected chi connectivity index (χ3v) is 3.61. The minimum atomic E-state index is -0.935. The van der Waals surface area contributed by atoms with E-state index in [0.29, 0.717) is 12.5 Å². The monoisotopic (exact) mass is 284 g/mol. The Labute approximate surface area is 119 Å². The molecule has 0 saturated heterocycles. The fourth-order valence-electron chi connectivity index (χ4n) is 2.50. The Morgan fingerprint density at radius 2 is 1.75 bits per heavy atom. The van der Waals surface area contributed by atoms with Crippen molar-refractivity contribution in [3.05, 3.63) is 0 Å². The number of carbonyl (C=O) groups is 3. The molecule has 0 atom stereocenters. The summed E-state index contributed by atoms with van der Waals surface area (Å²) in [5.41, 5.74) is 0. The third-order valence-electron chi connectivity index (χ3n) is 3.61. The van der Waals surface area contributed by atoms with Crippen molar-refractivity contribution in [1.82, 2.24) is 10.6 Å². The van der Waals surface area contributed by atoms with E-state index >= 15 is 0 Å². The standard InChI is InChI=1S/C14H24N2O4/c17-12(7-4-8-13(18)19)16-14(20)15-10-9-11-5-2-1-3-6-11/h11H,1-10H2,(H,18,19)(H2,15,16,17,20). The Morgan fingerprint density at radius 3 is 2.40 bits per heavy atom. The molecule has 20 heavy (non-hydrogen) atoms. The molecule has 0 spiro atoms. The highest BCUT2D eigenvalue weighted by molar-refractivity contribution is 5.94. The van der Waals surface area contributed by atoms with Crippen molar-refractivity contribution >= 4 is 17.9 Å². The lowest BCUT2D eigenvalue weighted by atomic mass is 9.87. The van der Waals surface area contributed by atoms with Crippen LogP contribution in [0.4, 0.5) is 4.79 Å². The molecule has 3 amide bonds. The van der Waals surface area contributed by atoms with Gasteiger partial charge < -0.3 is 10.4 Å². The van der Waals surface area contributed by atoms with E-state index < -0.39 is 17.9 Å². The van der Waals surface area contributed by atoms with Gasteiger partial charge in [-0.1, -0.05) is 32.1 Å². The molecule has 1 saturated carbocycles. The normalized spacial score (nSPS) is 15.6. The molecule has 0 unspecified atom stereocenters. The summed E-state index contributed by atoms with van der Waals surface area (Å²) in [6.07, 6.45) is 7.54. The second-order valence-electron chi connectivity index (χ2n) is 5.34. The molecule has 1 aliphatic carbocycles. The lowest BCUT2D eigenvalue weighted by molar-refractivity contribution is -0.137. The topological polar surface area (TPSA) is 95.5 Å². The maximum absolute atomic E-state index is 11.4. The van der Waals surface area contributed by atoms with Crippen LogP contribution in [0.2, 0.25) is 0 Å². The number of nitrogens with one attached hydrogen (secondary N) is 2. The lowest BCUT2D eigenvalue weighted by Crippen LogP contribution is -2.40. The first-order chi connectivity index (χ1) is 9.58. The molecule has 1 rings (SSSR count). The summed E-state index contributed by atoms with van der Waals surface area (Å²) in [5.74, 6) is -0.675. The van der Waals surface area contributed by atoms with E-state index in [1.54, 1.807) is 0 Å². The summed E-state index contributed by atoms with van der Waals surface area (Å²) >= 11 is 0. The van der Waals surface area contributed by atoms with Crippen LogP contribution in [0.25, 0.3) is 0 Å². The smallest absolute Gasteiger partial charge is 0.321 e. The van der Waals surface area contributed by atoms with Crippen molar-refractivity contribution in [1.29, 1.82) is 0 Å². The van der Waals surface area contributed by atoms with Crippen LogP contribution in [0.15, 0.2) is 0 Å². The van der Waals surface area contributed by atoms with E-state index in [1.807, 2.05) is 0 Å². The van der Waals surface area contributed by atoms with Gasteiger partial charge in [-0.2, -0.15) is 0 Å². The van der Waals surface area contributed by atoms with Crippen molar-refractivity contribution in [3.8, 4) is 0 Å². The maximum Gasteiger partial charge on any atom is 0.321 e. The summed E-state index contributed by atoms with van der Waals surface area (Å²) in [6, 6.07) is -0.485. The molecule has 0 heterocycles. The van der Waals surface area contributed by atoms with Gasteiger partial charge >= 0.3 is 12.0 Å². The molecule has 1 aliphatic rings. The molecule has 0 aromatic rings. The van der Waals surface area contributed by atoms with Gasteiger partial charge in [0.2, 0.25) is 5.91 Å². The fourth-order valence-corrected chi connectivity index (χ4v) is 2.50. The quantitative estimate of drug-likeness (QED) is 0.666. The van der Waals surface area contributed by atoms with Crippen LogP contribution in [0.1, 0.15) is 57.8 Å². The first kappa shape index (κ1) is 16.5. The van der Waals surface area contributed by atoms with Crippen molar-refractivity contribution in [2.45, 2.75) is 57.8 Å². The summed E-state index contributed by atoms with van der Waals surface area (Å²) in [6.45, 7) is 0.582. The molecule has 0 aromatic heterocycles. The molecule has 0 aromatic carbocycles. The zero-order valence-corrected chi connectivity index (χ0v) is 11.8. The van der Waals surface area contributed by atoms with Crippen LogP contribution in [-0.2, 0) is 9.59 Å². The van der Waals surface area contributed by atoms with Gasteiger partial charge in [0.05, 0.1) is 0 Å². The fraction of sp³-hybridized carbons (Fsp3) is 0.786. The summed E-state index contributed by atoms with van der Waals surface area (Å²) < 4.78 is 0. The number of rotatable bonds is 7. The number of urea groups is 1. The highest BCUT2D eigenvalue weighted by Crippen LogP contribution is 2.25. The van der Waals surface area contributed by atoms with E-state index in [2.05, 4.69) is 10.6 Å². The number of amides is 3. The van der Waals surface area contributed by atoms with Gasteiger partial charge in [0, 0.05) is 19.4 Å². The zero-order chi connectivity index (χ0) is 14.8. The molecular weight excluding hydrogens is 260 g/mol. The molecule has 0 aliphatic heterocycles. The number of carbonyl (C=O) groups excluding carboxylic acids is 2. The molecule has 0 radical (unpaired) electrons. The largest absolute Gasteiger partial charge is 0.481 e. The van der Waals surface area contributed by atoms with Crippen molar-refractivity contribution in [2.24, 2.45) is 5.92 Å². The van der Waals surface area contributed by atoms with Crippen molar-refractivity contribution < 1.29 is 19.5 Å². The number of hydrogen-bond acceptors (Lipinski definition) is 3. The minimum Gasteiger partial charge on any atom is -0.481 e. The van der Waals surface area contributed by atoms with E-state index in [4.69, 9.17) is 5.11 Å². The molecular formula is C14H24N2O4. The van der Waals surface area contributed by atoms with Crippen molar-refractivity contribution in [2.75, 3.05) is 6.54 Å². The number of aliphatic carboxylic acids is 1. The first-order valence-electron chi connectivity index (χ1n) is 7.37. The molecule has 114 valence electrons. The van der Waals surface area contributed by atoms with E-state index in [0.717, 1.165) is 6.42 Å². The Bertz CT molecular complexity index is 338. The third kappa shape index (κ3) is 7.76. The van der Waals surface area contributed by atoms with E-state index in [1.165, 1.54) is 32.1 Å². The number of carboxylic acids is 1. The average Bonchev–Trinajstić information content (AvgIpc) is 2.39. The van der Waals surface area contributed by atoms with E-state index in [-0.39, 0.29) is 19.3 Å². The van der Waals surface area contributed by atoms with Crippen LogP contribution in [0.3, 0.4) is 0 Å². The average molecular weight is 284 g/mol. The Kier molecular flexibility index (Phi) is 7.69. The van der Waals surface area contributed by atoms with E-state index in [9.17, 15) is 14.4 Å². The minimum absolute atomic E-state index is 0.0579. The molecule has 6 nitrogen and oxygen atoms in total. The molecule has 0 bridgehead atoms. The Morgan fingerprint density at radius 1 is 1.05 bits per heavy atom. The van der Waals surface area contributed by atoms with Gasteiger partial charge in [0.15, 0.2) is 0 Å². The molecule has 3 N–H and O–H groups in total. The lowest BCUT2D eigenvalue weighted by Gasteiger charge is -2.21. The maximum atomic E-state index is 11.4. The predicted octanol–water partition coefficient (Wildman–Crippen LogP) is 2.04. The number of hydrogen-bond donors (Lipinski definition) is 3. The summed E-state index contributed by atoms with van der Waals surface area (Å²) in [4.78, 5) is 33.1. The Hall–Kier alpha value is -1.59. The second kappa shape index (κ2) is 9.34. The van der Waals surface area contributed by atoms with Gasteiger partial charge in [0.1, 0.15) is 0 Å². The van der Waals surface area contributed by atoms with Gasteiger partial charge in [-0.25, -0.2) is 4.79 Å². The van der Waals surface area contributed by atoms with Gasteiger partial charge in [-0.3, -0.25) is 14.9 Å². The van der Waals surface area contributed by atoms with Crippen LogP contribution < -0.4 is 10.6 Å². The number of carboxylic acid groups (broad SMARTS) is 1.